The first-order chi connectivity index (χ1) is 15.2. The summed E-state index contributed by atoms with van der Waals surface area (Å²) in [6.07, 6.45) is 2.85. The quantitative estimate of drug-likeness (QED) is 0.596. The third kappa shape index (κ3) is 4.82. The summed E-state index contributed by atoms with van der Waals surface area (Å²) in [6, 6.07) is 17.8. The maximum absolute atomic E-state index is 12.4. The molecule has 164 valence electrons. The number of fused-ring (bicyclic) bond motifs is 1. The van der Waals surface area contributed by atoms with Crippen LogP contribution in [0, 0.1) is 24.2 Å². The standard InChI is InChI=1S/C23H22N4O3S2/c1-15-21(22(28)26-32(2,29)30)25-23(31-15)27(20-9-7-16(13-24)8-10-20)14-17-11-18-5-3-4-6-19(18)12-17/h3-10,17H,11-12,14H2,1-2H3,(H,26,28). The molecule has 0 saturated carbocycles. The smallest absolute Gasteiger partial charge is 0.284 e. The third-order valence-corrected chi connectivity index (χ3v) is 6.94. The number of nitrogens with zero attached hydrogens (tertiary/aromatic N) is 3. The van der Waals surface area contributed by atoms with Gasteiger partial charge >= 0.3 is 0 Å². The van der Waals surface area contributed by atoms with E-state index in [4.69, 9.17) is 5.26 Å². The van der Waals surface area contributed by atoms with Crippen molar-refractivity contribution in [3.63, 3.8) is 0 Å². The summed E-state index contributed by atoms with van der Waals surface area (Å²) in [5, 5.41) is 9.75. The fraction of sp³-hybridized carbons (Fsp3) is 0.261. The molecule has 32 heavy (non-hydrogen) atoms. The van der Waals surface area contributed by atoms with E-state index >= 15 is 0 Å². The Bertz CT molecular complexity index is 1280. The summed E-state index contributed by atoms with van der Waals surface area (Å²) >= 11 is 1.34. The van der Waals surface area contributed by atoms with Crippen molar-refractivity contribution >= 4 is 38.1 Å². The van der Waals surface area contributed by atoms with E-state index in [-0.39, 0.29) is 5.69 Å². The number of thiazole rings is 1. The molecule has 7 nitrogen and oxygen atoms in total. The van der Waals surface area contributed by atoms with Crippen LogP contribution in [-0.4, -0.2) is 32.1 Å². The van der Waals surface area contributed by atoms with Crippen molar-refractivity contribution in [2.24, 2.45) is 5.92 Å². The van der Waals surface area contributed by atoms with Crippen LogP contribution < -0.4 is 9.62 Å². The van der Waals surface area contributed by atoms with Gasteiger partial charge in [-0.3, -0.25) is 4.79 Å². The number of sulfonamides is 1. The van der Waals surface area contributed by atoms with Gasteiger partial charge in [0.2, 0.25) is 10.0 Å². The highest BCUT2D eigenvalue weighted by molar-refractivity contribution is 7.89. The van der Waals surface area contributed by atoms with Gasteiger partial charge in [-0.1, -0.05) is 24.3 Å². The molecule has 0 radical (unpaired) electrons. The Morgan fingerprint density at radius 1 is 1.19 bits per heavy atom. The first kappa shape index (κ1) is 22.0. The number of carbonyl (C=O) groups excluding carboxylic acids is 1. The molecule has 0 saturated heterocycles. The molecular weight excluding hydrogens is 444 g/mol. The number of benzene rings is 2. The molecule has 0 bridgehead atoms. The summed E-state index contributed by atoms with van der Waals surface area (Å²) in [5.74, 6) is -0.374. The van der Waals surface area contributed by atoms with Gasteiger partial charge in [-0.25, -0.2) is 18.1 Å². The monoisotopic (exact) mass is 466 g/mol. The van der Waals surface area contributed by atoms with Gasteiger partial charge in [-0.15, -0.1) is 11.3 Å². The molecule has 1 N–H and O–H groups in total. The Kier molecular flexibility index (Phi) is 6.00. The number of aryl methyl sites for hydroxylation is 1. The van der Waals surface area contributed by atoms with Crippen LogP contribution in [0.2, 0.25) is 0 Å². The van der Waals surface area contributed by atoms with Gasteiger partial charge in [-0.05, 0) is 61.1 Å². The molecule has 9 heteroatoms. The maximum atomic E-state index is 12.4. The van der Waals surface area contributed by atoms with Gasteiger partial charge in [0, 0.05) is 17.1 Å². The molecule has 1 aliphatic carbocycles. The second-order valence-corrected chi connectivity index (χ2v) is 10.8. The number of carbonyl (C=O) groups is 1. The molecule has 4 rings (SSSR count). The van der Waals surface area contributed by atoms with Crippen molar-refractivity contribution in [3.05, 3.63) is 75.8 Å². The zero-order chi connectivity index (χ0) is 22.9. The molecule has 0 fully saturated rings. The van der Waals surface area contributed by atoms with Gasteiger partial charge in [0.25, 0.3) is 5.91 Å². The molecule has 0 atom stereocenters. The van der Waals surface area contributed by atoms with Crippen LogP contribution in [0.3, 0.4) is 0 Å². The Morgan fingerprint density at radius 2 is 1.81 bits per heavy atom. The number of aromatic nitrogens is 1. The van der Waals surface area contributed by atoms with E-state index in [9.17, 15) is 13.2 Å². The second-order valence-electron chi connectivity index (χ2n) is 7.92. The lowest BCUT2D eigenvalue weighted by molar-refractivity contribution is 0.0977. The minimum Gasteiger partial charge on any atom is -0.318 e. The summed E-state index contributed by atoms with van der Waals surface area (Å²) in [6.45, 7) is 2.43. The Balaban J connectivity index is 1.66. The summed E-state index contributed by atoms with van der Waals surface area (Å²) in [5.41, 5.74) is 4.22. The molecule has 0 aliphatic heterocycles. The zero-order valence-electron chi connectivity index (χ0n) is 17.7. The lowest BCUT2D eigenvalue weighted by Gasteiger charge is -2.25. The van der Waals surface area contributed by atoms with Crippen LogP contribution in [0.5, 0.6) is 0 Å². The lowest BCUT2D eigenvalue weighted by Crippen LogP contribution is -2.30. The van der Waals surface area contributed by atoms with Crippen LogP contribution in [0.25, 0.3) is 0 Å². The van der Waals surface area contributed by atoms with Crippen LogP contribution in [0.15, 0.2) is 48.5 Å². The van der Waals surface area contributed by atoms with E-state index in [1.807, 2.05) is 21.8 Å². The topological polar surface area (TPSA) is 103 Å². The van der Waals surface area contributed by atoms with Crippen LogP contribution in [0.4, 0.5) is 10.8 Å². The summed E-state index contributed by atoms with van der Waals surface area (Å²) in [4.78, 5) is 19.6. The number of rotatable bonds is 6. The maximum Gasteiger partial charge on any atom is 0.284 e. The van der Waals surface area contributed by atoms with E-state index in [1.165, 1.54) is 22.5 Å². The van der Waals surface area contributed by atoms with Gasteiger partial charge in [0.05, 0.1) is 17.9 Å². The Hall–Kier alpha value is -3.22. The molecule has 1 aliphatic rings. The second kappa shape index (κ2) is 8.73. The fourth-order valence-electron chi connectivity index (χ4n) is 3.97. The summed E-state index contributed by atoms with van der Waals surface area (Å²) < 4.78 is 25.0. The predicted octanol–water partition coefficient (Wildman–Crippen LogP) is 3.57. The number of hydrogen-bond donors (Lipinski definition) is 1. The van der Waals surface area contributed by atoms with E-state index in [1.54, 1.807) is 19.1 Å². The number of amides is 1. The molecule has 1 aromatic heterocycles. The first-order valence-corrected chi connectivity index (χ1v) is 12.8. The van der Waals surface area contributed by atoms with Crippen molar-refractivity contribution in [2.45, 2.75) is 19.8 Å². The van der Waals surface area contributed by atoms with Crippen molar-refractivity contribution in [1.82, 2.24) is 9.71 Å². The molecular formula is C23H22N4O3S2. The predicted molar refractivity (Wildman–Crippen MR) is 125 cm³/mol. The average molecular weight is 467 g/mol. The lowest BCUT2D eigenvalue weighted by atomic mass is 10.1. The zero-order valence-corrected chi connectivity index (χ0v) is 19.3. The number of nitrogens with one attached hydrogen (secondary N) is 1. The SMILES string of the molecule is Cc1sc(N(CC2Cc3ccccc3C2)c2ccc(C#N)cc2)nc1C(=O)NS(C)(=O)=O. The third-order valence-electron chi connectivity index (χ3n) is 5.39. The molecule has 1 heterocycles. The normalized spacial score (nSPS) is 13.4. The van der Waals surface area contributed by atoms with Crippen molar-refractivity contribution < 1.29 is 13.2 Å². The van der Waals surface area contributed by atoms with Gasteiger partial charge in [0.1, 0.15) is 5.69 Å². The molecule has 0 spiro atoms. The highest BCUT2D eigenvalue weighted by atomic mass is 32.2. The van der Waals surface area contributed by atoms with E-state index in [0.717, 1.165) is 24.8 Å². The van der Waals surface area contributed by atoms with E-state index in [2.05, 4.69) is 35.3 Å². The van der Waals surface area contributed by atoms with Crippen molar-refractivity contribution in [2.75, 3.05) is 17.7 Å². The van der Waals surface area contributed by atoms with Crippen molar-refractivity contribution in [3.8, 4) is 6.07 Å². The Labute approximate surface area is 191 Å². The first-order valence-electron chi connectivity index (χ1n) is 10.1. The molecule has 1 amide bonds. The van der Waals surface area contributed by atoms with Crippen LogP contribution in [0.1, 0.15) is 32.1 Å². The average Bonchev–Trinajstić information content (AvgIpc) is 3.33. The number of nitriles is 1. The van der Waals surface area contributed by atoms with Gasteiger partial charge < -0.3 is 4.90 Å². The molecule has 3 aromatic rings. The van der Waals surface area contributed by atoms with E-state index in [0.29, 0.717) is 28.0 Å². The van der Waals surface area contributed by atoms with E-state index < -0.39 is 15.9 Å². The highest BCUT2D eigenvalue weighted by Gasteiger charge is 2.27. The minimum absolute atomic E-state index is 0.101. The highest BCUT2D eigenvalue weighted by Crippen LogP contribution is 2.35. The largest absolute Gasteiger partial charge is 0.318 e. The van der Waals surface area contributed by atoms with Crippen LogP contribution in [-0.2, 0) is 22.9 Å². The van der Waals surface area contributed by atoms with Gasteiger partial charge in [-0.2, -0.15) is 5.26 Å². The summed E-state index contributed by atoms with van der Waals surface area (Å²) in [7, 11) is -3.69. The van der Waals surface area contributed by atoms with Crippen molar-refractivity contribution in [1.29, 1.82) is 5.26 Å². The molecule has 0 unspecified atom stereocenters. The Morgan fingerprint density at radius 3 is 2.38 bits per heavy atom. The number of hydrogen-bond acceptors (Lipinski definition) is 7. The minimum atomic E-state index is -3.69. The van der Waals surface area contributed by atoms with Crippen LogP contribution >= 0.6 is 11.3 Å². The fourth-order valence-corrected chi connectivity index (χ4v) is 5.34. The van der Waals surface area contributed by atoms with Gasteiger partial charge in [0.15, 0.2) is 5.13 Å². The molecule has 2 aromatic carbocycles. The number of anilines is 2.